The molecule has 0 aromatic heterocycles. The monoisotopic (exact) mass is 437 g/mol. The van der Waals surface area contributed by atoms with Gasteiger partial charge in [-0.2, -0.15) is 0 Å². The first-order valence-electron chi connectivity index (χ1n) is 6.18. The van der Waals surface area contributed by atoms with Gasteiger partial charge in [-0.05, 0) is 65.3 Å². The quantitative estimate of drug-likeness (QED) is 0.608. The Kier molecular flexibility index (Phi) is 5.77. The molecule has 21 heavy (non-hydrogen) atoms. The van der Waals surface area contributed by atoms with Crippen LogP contribution in [-0.4, -0.2) is 7.05 Å². The third-order valence-corrected chi connectivity index (χ3v) is 4.68. The van der Waals surface area contributed by atoms with Crippen LogP contribution in [0.4, 0.5) is 8.78 Å². The first-order valence-corrected chi connectivity index (χ1v) is 8.15. The zero-order valence-corrected chi connectivity index (χ0v) is 15.0. The van der Waals surface area contributed by atoms with Gasteiger partial charge >= 0.3 is 0 Å². The molecule has 1 unspecified atom stereocenters. The van der Waals surface area contributed by atoms with Crippen LogP contribution in [0.5, 0.6) is 0 Å². The average molecular weight is 440 g/mol. The van der Waals surface area contributed by atoms with Gasteiger partial charge in [-0.15, -0.1) is 0 Å². The van der Waals surface area contributed by atoms with Crippen LogP contribution < -0.4 is 5.32 Å². The minimum atomic E-state index is -0.582. The fourth-order valence-corrected chi connectivity index (χ4v) is 3.11. The Hall–Kier alpha value is -0.490. The molecule has 0 saturated carbocycles. The standard InChI is InChI=1S/C15H12Br2ClF2N/c1-21-14(9-6-8(16)2-4-12(9)18)7-10-13(19)5-3-11(17)15(10)20/h2-6,14,21H,7H2,1H3. The van der Waals surface area contributed by atoms with Crippen LogP contribution >= 0.6 is 43.5 Å². The summed E-state index contributed by atoms with van der Waals surface area (Å²) in [6, 6.07) is 7.72. The summed E-state index contributed by atoms with van der Waals surface area (Å²) in [5.74, 6) is -1.15. The fourth-order valence-electron chi connectivity index (χ4n) is 2.11. The Morgan fingerprint density at radius 1 is 1.19 bits per heavy atom. The predicted octanol–water partition coefficient (Wildman–Crippen LogP) is 5.65. The molecule has 0 fully saturated rings. The molecule has 0 saturated heterocycles. The van der Waals surface area contributed by atoms with Gasteiger partial charge in [0.2, 0.25) is 0 Å². The predicted molar refractivity (Wildman–Crippen MR) is 88.7 cm³/mol. The maximum absolute atomic E-state index is 14.1. The number of nitrogens with one attached hydrogen (secondary N) is 1. The number of halogens is 5. The van der Waals surface area contributed by atoms with Crippen molar-refractivity contribution >= 4 is 43.5 Å². The Morgan fingerprint density at radius 3 is 2.57 bits per heavy atom. The molecule has 2 aromatic rings. The van der Waals surface area contributed by atoms with E-state index >= 15 is 0 Å². The average Bonchev–Trinajstić information content (AvgIpc) is 2.46. The summed E-state index contributed by atoms with van der Waals surface area (Å²) < 4.78 is 29.1. The maximum atomic E-state index is 14.1. The summed E-state index contributed by atoms with van der Waals surface area (Å²) in [5.41, 5.74) is 0.812. The van der Waals surface area contributed by atoms with Gasteiger partial charge in [0.25, 0.3) is 0 Å². The normalized spacial score (nSPS) is 12.5. The molecule has 6 heteroatoms. The molecule has 1 N–H and O–H groups in total. The lowest BCUT2D eigenvalue weighted by molar-refractivity contribution is 0.512. The molecule has 0 bridgehead atoms. The van der Waals surface area contributed by atoms with E-state index in [1.165, 1.54) is 12.1 Å². The van der Waals surface area contributed by atoms with Gasteiger partial charge in [0.15, 0.2) is 0 Å². The van der Waals surface area contributed by atoms with Crippen molar-refractivity contribution in [1.82, 2.24) is 5.32 Å². The van der Waals surface area contributed by atoms with E-state index in [4.69, 9.17) is 11.6 Å². The highest BCUT2D eigenvalue weighted by Crippen LogP contribution is 2.31. The lowest BCUT2D eigenvalue weighted by atomic mass is 9.98. The molecule has 0 spiro atoms. The van der Waals surface area contributed by atoms with E-state index in [0.717, 1.165) is 10.0 Å². The first-order chi connectivity index (χ1) is 9.93. The highest BCUT2D eigenvalue weighted by atomic mass is 79.9. The van der Waals surface area contributed by atoms with Crippen LogP contribution in [-0.2, 0) is 6.42 Å². The molecule has 1 nitrogen and oxygen atoms in total. The second-order valence-electron chi connectivity index (χ2n) is 4.53. The fraction of sp³-hybridized carbons (Fsp3) is 0.200. The van der Waals surface area contributed by atoms with Crippen molar-refractivity contribution in [2.24, 2.45) is 0 Å². The second-order valence-corrected chi connectivity index (χ2v) is 6.71. The molecular formula is C15H12Br2ClF2N. The van der Waals surface area contributed by atoms with Crippen LogP contribution in [0.2, 0.25) is 5.02 Å². The topological polar surface area (TPSA) is 12.0 Å². The minimum absolute atomic E-state index is 0.0276. The van der Waals surface area contributed by atoms with Gasteiger partial charge in [0.1, 0.15) is 11.6 Å². The van der Waals surface area contributed by atoms with E-state index in [9.17, 15) is 8.78 Å². The Balaban J connectivity index is 2.40. The van der Waals surface area contributed by atoms with E-state index in [1.54, 1.807) is 13.1 Å². The summed E-state index contributed by atoms with van der Waals surface area (Å²) in [5, 5.41) is 3.60. The Labute approximate surface area is 144 Å². The highest BCUT2D eigenvalue weighted by molar-refractivity contribution is 9.10. The number of rotatable bonds is 4. The SMILES string of the molecule is CNC(Cc1c(F)ccc(Br)c1F)c1cc(Br)ccc1Cl. The van der Waals surface area contributed by atoms with Gasteiger partial charge in [-0.1, -0.05) is 27.5 Å². The number of hydrogen-bond acceptors (Lipinski definition) is 1. The minimum Gasteiger partial charge on any atom is -0.313 e. The largest absolute Gasteiger partial charge is 0.313 e. The van der Waals surface area contributed by atoms with E-state index < -0.39 is 11.6 Å². The zero-order valence-electron chi connectivity index (χ0n) is 11.1. The van der Waals surface area contributed by atoms with Gasteiger partial charge in [-0.25, -0.2) is 8.78 Å². The molecule has 0 radical (unpaired) electrons. The molecule has 0 heterocycles. The van der Waals surface area contributed by atoms with Crippen LogP contribution in [0.25, 0.3) is 0 Å². The highest BCUT2D eigenvalue weighted by Gasteiger charge is 2.20. The third-order valence-electron chi connectivity index (χ3n) is 3.23. The first kappa shape index (κ1) is 16.9. The summed E-state index contributed by atoms with van der Waals surface area (Å²) >= 11 is 12.6. The smallest absolute Gasteiger partial charge is 0.143 e. The lowest BCUT2D eigenvalue weighted by Crippen LogP contribution is -2.20. The third kappa shape index (κ3) is 3.83. The van der Waals surface area contributed by atoms with Gasteiger partial charge in [0, 0.05) is 21.1 Å². The Morgan fingerprint density at radius 2 is 1.90 bits per heavy atom. The molecular weight excluding hydrogens is 427 g/mol. The maximum Gasteiger partial charge on any atom is 0.143 e. The molecule has 0 aliphatic heterocycles. The van der Waals surface area contributed by atoms with Crippen LogP contribution in [0, 0.1) is 11.6 Å². The molecule has 0 aliphatic carbocycles. The van der Waals surface area contributed by atoms with E-state index in [1.807, 2.05) is 12.1 Å². The molecule has 2 aromatic carbocycles. The Bertz CT molecular complexity index is 664. The molecule has 112 valence electrons. The van der Waals surface area contributed by atoms with Crippen LogP contribution in [0.1, 0.15) is 17.2 Å². The van der Waals surface area contributed by atoms with E-state index in [2.05, 4.69) is 37.2 Å². The van der Waals surface area contributed by atoms with Crippen molar-refractivity contribution < 1.29 is 8.78 Å². The van der Waals surface area contributed by atoms with Crippen molar-refractivity contribution in [2.45, 2.75) is 12.5 Å². The van der Waals surface area contributed by atoms with Crippen molar-refractivity contribution in [2.75, 3.05) is 7.05 Å². The summed E-state index contributed by atoms with van der Waals surface area (Å²) in [7, 11) is 1.73. The molecule has 2 rings (SSSR count). The summed E-state index contributed by atoms with van der Waals surface area (Å²) in [6.07, 6.45) is 0.157. The van der Waals surface area contributed by atoms with Gasteiger partial charge in [0.05, 0.1) is 4.47 Å². The van der Waals surface area contributed by atoms with Crippen molar-refractivity contribution in [1.29, 1.82) is 0 Å². The van der Waals surface area contributed by atoms with E-state index in [0.29, 0.717) is 5.02 Å². The lowest BCUT2D eigenvalue weighted by Gasteiger charge is -2.19. The number of benzene rings is 2. The number of hydrogen-bond donors (Lipinski definition) is 1. The van der Waals surface area contributed by atoms with Crippen molar-refractivity contribution in [3.63, 3.8) is 0 Å². The number of likely N-dealkylation sites (N-methyl/N-ethyl adjacent to an activating group) is 1. The van der Waals surface area contributed by atoms with E-state index in [-0.39, 0.29) is 22.5 Å². The van der Waals surface area contributed by atoms with Crippen LogP contribution in [0.15, 0.2) is 39.3 Å². The van der Waals surface area contributed by atoms with Crippen molar-refractivity contribution in [3.8, 4) is 0 Å². The van der Waals surface area contributed by atoms with Crippen molar-refractivity contribution in [3.05, 3.63) is 67.1 Å². The molecule has 1 atom stereocenters. The summed E-state index contributed by atoms with van der Waals surface area (Å²) in [4.78, 5) is 0. The van der Waals surface area contributed by atoms with Gasteiger partial charge < -0.3 is 5.32 Å². The summed E-state index contributed by atoms with van der Waals surface area (Å²) in [6.45, 7) is 0. The van der Waals surface area contributed by atoms with Gasteiger partial charge in [-0.3, -0.25) is 0 Å². The van der Waals surface area contributed by atoms with Crippen LogP contribution in [0.3, 0.4) is 0 Å². The second kappa shape index (κ2) is 7.18. The molecule has 0 amide bonds. The molecule has 0 aliphatic rings. The zero-order chi connectivity index (χ0) is 15.6.